The molecule has 0 N–H and O–H groups in total. The molecule has 2 heterocycles. The fraction of sp³-hybridized carbons (Fsp3) is 0.200. The minimum absolute atomic E-state index is 0.0852. The molecule has 0 aliphatic heterocycles. The van der Waals surface area contributed by atoms with Crippen LogP contribution in [0.1, 0.15) is 16.3 Å². The molecule has 0 aliphatic rings. The maximum absolute atomic E-state index is 13.6. The van der Waals surface area contributed by atoms with E-state index in [4.69, 9.17) is 16.3 Å². The van der Waals surface area contributed by atoms with Crippen LogP contribution in [0.15, 0.2) is 29.1 Å². The average Bonchev–Trinajstić information content (AvgIpc) is 2.92. The first kappa shape index (κ1) is 16.5. The Morgan fingerprint density at radius 3 is 3.00 bits per heavy atom. The normalized spacial score (nSPS) is 11.0. The topological polar surface area (TPSA) is 73.6 Å². The fourth-order valence-corrected chi connectivity index (χ4v) is 3.14. The van der Waals surface area contributed by atoms with Crippen LogP contribution in [0, 0.1) is 12.7 Å². The highest BCUT2D eigenvalue weighted by Crippen LogP contribution is 2.20. The number of esters is 1. The van der Waals surface area contributed by atoms with Crippen LogP contribution in [0.4, 0.5) is 4.39 Å². The van der Waals surface area contributed by atoms with E-state index in [0.717, 1.165) is 15.9 Å². The van der Waals surface area contributed by atoms with Crippen LogP contribution in [0.2, 0.25) is 5.02 Å². The van der Waals surface area contributed by atoms with Gasteiger partial charge in [0.1, 0.15) is 12.4 Å². The summed E-state index contributed by atoms with van der Waals surface area (Å²) in [5.41, 5.74) is 0.368. The number of fused-ring (bicyclic) bond motifs is 1. The van der Waals surface area contributed by atoms with E-state index >= 15 is 0 Å². The van der Waals surface area contributed by atoms with E-state index in [0.29, 0.717) is 15.7 Å². The molecule has 0 unspecified atom stereocenters. The van der Waals surface area contributed by atoms with Gasteiger partial charge in [-0.05, 0) is 19.1 Å². The summed E-state index contributed by atoms with van der Waals surface area (Å²) in [6, 6.07) is 5.55. The summed E-state index contributed by atoms with van der Waals surface area (Å²) in [5.74, 6) is -1.21. The van der Waals surface area contributed by atoms with Crippen LogP contribution < -0.4 is 5.56 Å². The van der Waals surface area contributed by atoms with Crippen molar-refractivity contribution in [2.75, 3.05) is 0 Å². The Hall–Kier alpha value is -2.32. The summed E-state index contributed by atoms with van der Waals surface area (Å²) < 4.78 is 19.9. The van der Waals surface area contributed by atoms with Crippen LogP contribution in [0.25, 0.3) is 4.96 Å². The fourth-order valence-electron chi connectivity index (χ4n) is 2.06. The van der Waals surface area contributed by atoms with Gasteiger partial charge in [-0.2, -0.15) is 9.61 Å². The van der Waals surface area contributed by atoms with Crippen molar-refractivity contribution < 1.29 is 13.9 Å². The number of rotatable bonds is 4. The van der Waals surface area contributed by atoms with Crippen LogP contribution >= 0.6 is 22.9 Å². The highest BCUT2D eigenvalue weighted by atomic mass is 35.5. The molecule has 0 aliphatic carbocycles. The van der Waals surface area contributed by atoms with Crippen LogP contribution in [-0.4, -0.2) is 20.6 Å². The molecule has 24 heavy (non-hydrogen) atoms. The second-order valence-electron chi connectivity index (χ2n) is 4.96. The Bertz CT molecular complexity index is 965. The van der Waals surface area contributed by atoms with E-state index in [9.17, 15) is 14.0 Å². The number of aryl methyl sites for hydroxylation is 1. The number of hydrogen-bond acceptors (Lipinski definition) is 6. The number of nitrogens with zero attached hydrogens (tertiary/aromatic N) is 3. The molecule has 3 rings (SSSR count). The van der Waals surface area contributed by atoms with Gasteiger partial charge in [-0.3, -0.25) is 9.59 Å². The van der Waals surface area contributed by atoms with Gasteiger partial charge in [-0.15, -0.1) is 0 Å². The highest BCUT2D eigenvalue weighted by molar-refractivity contribution is 7.16. The number of hydrogen-bond donors (Lipinski definition) is 0. The second kappa shape index (κ2) is 6.66. The van der Waals surface area contributed by atoms with Crippen molar-refractivity contribution in [1.29, 1.82) is 0 Å². The van der Waals surface area contributed by atoms with Crippen LogP contribution in [0.5, 0.6) is 0 Å². The maximum Gasteiger partial charge on any atom is 0.310 e. The van der Waals surface area contributed by atoms with Gasteiger partial charge in [0, 0.05) is 22.3 Å². The molecule has 1 aromatic carbocycles. The summed E-state index contributed by atoms with van der Waals surface area (Å²) in [7, 11) is 0. The number of ether oxygens (including phenoxy) is 1. The quantitative estimate of drug-likeness (QED) is 0.662. The van der Waals surface area contributed by atoms with Crippen molar-refractivity contribution in [2.24, 2.45) is 0 Å². The Kier molecular flexibility index (Phi) is 4.59. The lowest BCUT2D eigenvalue weighted by Gasteiger charge is -2.05. The Morgan fingerprint density at radius 1 is 1.46 bits per heavy atom. The number of aromatic nitrogens is 3. The lowest BCUT2D eigenvalue weighted by atomic mass is 10.1. The third-order valence-corrected chi connectivity index (χ3v) is 4.39. The molecule has 0 radical (unpaired) electrons. The van der Waals surface area contributed by atoms with Gasteiger partial charge in [-0.1, -0.05) is 29.0 Å². The molecule has 0 atom stereocenters. The second-order valence-corrected chi connectivity index (χ2v) is 6.41. The first-order valence-corrected chi connectivity index (χ1v) is 8.08. The van der Waals surface area contributed by atoms with E-state index in [1.54, 1.807) is 6.92 Å². The average molecular weight is 368 g/mol. The Morgan fingerprint density at radius 2 is 2.25 bits per heavy atom. The van der Waals surface area contributed by atoms with E-state index in [2.05, 4.69) is 10.1 Å². The summed E-state index contributed by atoms with van der Waals surface area (Å²) in [6.07, 6.45) is -0.284. The van der Waals surface area contributed by atoms with Crippen molar-refractivity contribution in [2.45, 2.75) is 20.0 Å². The Labute approximate surface area is 144 Å². The first-order chi connectivity index (χ1) is 11.4. The first-order valence-electron chi connectivity index (χ1n) is 6.89. The van der Waals surface area contributed by atoms with Crippen molar-refractivity contribution in [3.63, 3.8) is 0 Å². The Balaban J connectivity index is 1.70. The van der Waals surface area contributed by atoms with E-state index in [1.165, 1.54) is 24.3 Å². The van der Waals surface area contributed by atoms with E-state index < -0.39 is 11.8 Å². The molecule has 0 spiro atoms. The highest BCUT2D eigenvalue weighted by Gasteiger charge is 2.14. The lowest BCUT2D eigenvalue weighted by molar-refractivity contribution is -0.144. The van der Waals surface area contributed by atoms with Gasteiger partial charge in [0.2, 0.25) is 4.96 Å². The molecular formula is C15H11ClFN3O3S. The van der Waals surface area contributed by atoms with Gasteiger partial charge in [0.25, 0.3) is 5.56 Å². The zero-order chi connectivity index (χ0) is 17.3. The largest absolute Gasteiger partial charge is 0.458 e. The molecule has 2 aromatic heterocycles. The number of carbonyl (C=O) groups is 1. The van der Waals surface area contributed by atoms with Gasteiger partial charge < -0.3 is 4.74 Å². The predicted octanol–water partition coefficient (Wildman–Crippen LogP) is 2.54. The molecule has 0 fully saturated rings. The molecule has 3 aromatic rings. The van der Waals surface area contributed by atoms with Crippen molar-refractivity contribution >= 4 is 33.9 Å². The van der Waals surface area contributed by atoms with Crippen molar-refractivity contribution in [3.05, 3.63) is 61.7 Å². The summed E-state index contributed by atoms with van der Waals surface area (Å²) in [5, 5.41) is 4.63. The minimum atomic E-state index is -0.641. The van der Waals surface area contributed by atoms with Gasteiger partial charge >= 0.3 is 5.97 Å². The standard InChI is InChI=1S/C15H11ClFN3O3S/c1-8-5-13(21)20-15(18-8)24-12(19-20)7-23-14(22)6-9-10(16)3-2-4-11(9)17/h2-5H,6-7H2,1H3. The number of benzene rings is 1. The van der Waals surface area contributed by atoms with Gasteiger partial charge in [0.15, 0.2) is 5.01 Å². The van der Waals surface area contributed by atoms with E-state index in [1.807, 2.05) is 0 Å². The summed E-state index contributed by atoms with van der Waals surface area (Å²) in [6.45, 7) is 1.58. The molecule has 124 valence electrons. The SMILES string of the molecule is Cc1cc(=O)n2nc(COC(=O)Cc3c(F)cccc3Cl)sc2n1. The summed E-state index contributed by atoms with van der Waals surface area (Å²) in [4.78, 5) is 28.2. The smallest absolute Gasteiger partial charge is 0.310 e. The van der Waals surface area contributed by atoms with Crippen LogP contribution in [-0.2, 0) is 22.6 Å². The van der Waals surface area contributed by atoms with Crippen LogP contribution in [0.3, 0.4) is 0 Å². The molecule has 0 bridgehead atoms. The van der Waals surface area contributed by atoms with Crippen molar-refractivity contribution in [3.8, 4) is 0 Å². The zero-order valence-electron chi connectivity index (χ0n) is 12.5. The molecule has 6 nitrogen and oxygen atoms in total. The van der Waals surface area contributed by atoms with Gasteiger partial charge in [-0.25, -0.2) is 9.37 Å². The maximum atomic E-state index is 13.6. The number of carbonyl (C=O) groups excluding carboxylic acids is 1. The monoisotopic (exact) mass is 367 g/mol. The predicted molar refractivity (Wildman–Crippen MR) is 86.8 cm³/mol. The zero-order valence-corrected chi connectivity index (χ0v) is 14.0. The molecule has 0 amide bonds. The molecule has 0 saturated carbocycles. The molecular weight excluding hydrogens is 357 g/mol. The molecule has 0 saturated heterocycles. The third kappa shape index (κ3) is 3.44. The third-order valence-electron chi connectivity index (χ3n) is 3.15. The lowest BCUT2D eigenvalue weighted by Crippen LogP contribution is -2.14. The van der Waals surface area contributed by atoms with Gasteiger partial charge in [0.05, 0.1) is 6.42 Å². The number of halogens is 2. The molecule has 9 heteroatoms. The minimum Gasteiger partial charge on any atom is -0.458 e. The van der Waals surface area contributed by atoms with Crippen molar-refractivity contribution in [1.82, 2.24) is 14.6 Å². The summed E-state index contributed by atoms with van der Waals surface area (Å²) >= 11 is 7.02. The van der Waals surface area contributed by atoms with E-state index in [-0.39, 0.29) is 29.2 Å².